The molecular formula is C31H66N4S. The summed E-state index contributed by atoms with van der Waals surface area (Å²) < 4.78 is 0. The Labute approximate surface area is 235 Å². The van der Waals surface area contributed by atoms with E-state index in [1.165, 1.54) is 44.9 Å². The topological polar surface area (TPSA) is 55.0 Å². The van der Waals surface area contributed by atoms with E-state index in [-0.39, 0.29) is 14.9 Å². The number of hydrogen-bond acceptors (Lipinski definition) is 4. The Morgan fingerprint density at radius 2 is 1.28 bits per heavy atom. The molecule has 4 nitrogen and oxygen atoms in total. The van der Waals surface area contributed by atoms with Crippen molar-refractivity contribution in [3.63, 3.8) is 0 Å². The molecule has 0 saturated heterocycles. The monoisotopic (exact) mass is 527 g/mol. The van der Waals surface area contributed by atoms with Crippen molar-refractivity contribution in [2.45, 2.75) is 121 Å². The molecule has 1 heterocycles. The first kappa shape index (κ1) is 41.8. The van der Waals surface area contributed by atoms with Gasteiger partial charge in [-0.1, -0.05) is 107 Å². The van der Waals surface area contributed by atoms with Crippen molar-refractivity contribution in [1.29, 1.82) is 0 Å². The first-order chi connectivity index (χ1) is 17.2. The predicted octanol–water partition coefficient (Wildman–Crippen LogP) is 9.66. The first-order valence-electron chi connectivity index (χ1n) is 14.8. The Morgan fingerprint density at radius 1 is 0.778 bits per heavy atom. The molecule has 1 saturated carbocycles. The molecule has 0 radical (unpaired) electrons. The number of nitrogens with zero attached hydrogens (tertiary/aromatic N) is 3. The average Bonchev–Trinajstić information content (AvgIpc) is 2.96. The molecule has 1 fully saturated rings. The van der Waals surface area contributed by atoms with Crippen LogP contribution in [-0.2, 0) is 6.42 Å². The van der Waals surface area contributed by atoms with Crippen molar-refractivity contribution in [3.8, 4) is 0 Å². The van der Waals surface area contributed by atoms with Crippen LogP contribution in [0, 0.1) is 11.8 Å². The second-order valence-corrected chi connectivity index (χ2v) is 7.74. The highest BCUT2D eigenvalue weighted by molar-refractivity contribution is 7.59. The maximum absolute atomic E-state index is 5.79. The van der Waals surface area contributed by atoms with Crippen LogP contribution in [-0.4, -0.2) is 30.6 Å². The molecule has 0 aliphatic heterocycles. The Morgan fingerprint density at radius 3 is 1.78 bits per heavy atom. The number of unbranched alkanes of at least 4 members (excludes halogenated alkanes) is 1. The smallest absolute Gasteiger partial charge is 0.139 e. The summed E-state index contributed by atoms with van der Waals surface area (Å²) >= 11 is 0. The van der Waals surface area contributed by atoms with Crippen LogP contribution in [0.4, 0.5) is 5.82 Å². The van der Waals surface area contributed by atoms with Crippen LogP contribution in [0.25, 0.3) is 10.9 Å². The highest BCUT2D eigenvalue weighted by Crippen LogP contribution is 2.31. The lowest BCUT2D eigenvalue weighted by Gasteiger charge is -2.27. The summed E-state index contributed by atoms with van der Waals surface area (Å²) in [5.74, 6) is 3.71. The average molecular weight is 527 g/mol. The van der Waals surface area contributed by atoms with E-state index in [0.717, 1.165) is 47.3 Å². The van der Waals surface area contributed by atoms with Crippen molar-refractivity contribution in [3.05, 3.63) is 30.1 Å². The summed E-state index contributed by atoms with van der Waals surface area (Å²) in [6, 6.07) is 8.30. The predicted molar refractivity (Wildman–Crippen MR) is 175 cm³/mol. The van der Waals surface area contributed by atoms with Gasteiger partial charge in [-0.2, -0.15) is 13.5 Å². The van der Waals surface area contributed by atoms with Gasteiger partial charge >= 0.3 is 0 Å². The minimum Gasteiger partial charge on any atom is -0.362 e. The number of hydrogen-bond donors (Lipinski definition) is 1. The fourth-order valence-electron chi connectivity index (χ4n) is 4.03. The van der Waals surface area contributed by atoms with Crippen molar-refractivity contribution in [2.24, 2.45) is 17.6 Å². The van der Waals surface area contributed by atoms with Gasteiger partial charge in [-0.3, -0.25) is 0 Å². The maximum Gasteiger partial charge on any atom is 0.139 e. The van der Waals surface area contributed by atoms with Gasteiger partial charge in [0.25, 0.3) is 0 Å². The summed E-state index contributed by atoms with van der Waals surface area (Å²) in [7, 11) is 4.10. The summed E-state index contributed by atoms with van der Waals surface area (Å²) in [4.78, 5) is 11.7. The molecule has 216 valence electrons. The zero-order valence-electron chi connectivity index (χ0n) is 26.2. The summed E-state index contributed by atoms with van der Waals surface area (Å²) in [6.07, 6.45) is 10.2. The molecular weight excluding hydrogens is 460 g/mol. The number of rotatable bonds is 7. The molecule has 1 aromatic heterocycles. The molecule has 5 heteroatoms. The van der Waals surface area contributed by atoms with E-state index in [9.17, 15) is 0 Å². The highest BCUT2D eigenvalue weighted by Gasteiger charge is 2.19. The van der Waals surface area contributed by atoms with Gasteiger partial charge in [0.15, 0.2) is 0 Å². The Balaban J connectivity index is -0.000000255. The standard InChI is InChI=1S/C21H32N4.5C2H6.H2S.H2/c1-25(2)21-18-8-4-5-9-19(18)23-20(24-21)10-6-3-7-16-11-13-17(15-22)14-12-16;5*1-2;;/h4-5,8-9,16-17H,3,6-7,10-15,22H2,1-2H3;5*1-2H3;1H2;1H. The molecule has 0 bridgehead atoms. The number of fused-ring (bicyclic) bond motifs is 1. The van der Waals surface area contributed by atoms with E-state index < -0.39 is 0 Å². The first-order valence-corrected chi connectivity index (χ1v) is 14.8. The van der Waals surface area contributed by atoms with E-state index in [1.807, 2.05) is 69.2 Å². The minimum atomic E-state index is 0. The van der Waals surface area contributed by atoms with Crippen molar-refractivity contribution in [1.82, 2.24) is 9.97 Å². The van der Waals surface area contributed by atoms with Crippen molar-refractivity contribution < 1.29 is 1.43 Å². The number of nitrogens with two attached hydrogens (primary N) is 1. The fraction of sp³-hybridized carbons (Fsp3) is 0.742. The quantitative estimate of drug-likeness (QED) is 0.365. The van der Waals surface area contributed by atoms with Crippen molar-refractivity contribution in [2.75, 3.05) is 25.5 Å². The molecule has 1 aliphatic rings. The number of aromatic nitrogens is 2. The van der Waals surface area contributed by atoms with Crippen LogP contribution in [0.5, 0.6) is 0 Å². The number of para-hydroxylation sites is 1. The van der Waals surface area contributed by atoms with E-state index in [2.05, 4.69) is 43.3 Å². The van der Waals surface area contributed by atoms with Gasteiger partial charge in [-0.15, -0.1) is 0 Å². The molecule has 0 unspecified atom stereocenters. The molecule has 2 N–H and O–H groups in total. The van der Waals surface area contributed by atoms with E-state index in [1.54, 1.807) is 0 Å². The molecule has 2 aromatic rings. The zero-order chi connectivity index (χ0) is 27.6. The summed E-state index contributed by atoms with van der Waals surface area (Å²) in [6.45, 7) is 20.9. The molecule has 36 heavy (non-hydrogen) atoms. The third-order valence-electron chi connectivity index (χ3n) is 5.62. The Kier molecular flexibility index (Phi) is 34.7. The van der Waals surface area contributed by atoms with Crippen molar-refractivity contribution >= 4 is 30.2 Å². The minimum absolute atomic E-state index is 0. The molecule has 0 spiro atoms. The number of anilines is 1. The SMILES string of the molecule is CC.CC.CC.CC.CC.CN(C)c1nc(CCCCC2CCC(CN)CC2)nc2ccccc12.S.[HH]. The molecule has 1 aromatic carbocycles. The highest BCUT2D eigenvalue weighted by atomic mass is 32.1. The molecule has 0 atom stereocenters. The van der Waals surface area contributed by atoms with Crippen LogP contribution < -0.4 is 10.6 Å². The second kappa shape index (κ2) is 29.9. The van der Waals surface area contributed by atoms with Gasteiger partial charge in [0, 0.05) is 27.3 Å². The normalized spacial score (nSPS) is 15.2. The van der Waals surface area contributed by atoms with Crippen LogP contribution in [0.15, 0.2) is 24.3 Å². The lowest BCUT2D eigenvalue weighted by Crippen LogP contribution is -2.21. The molecule has 0 amide bonds. The number of aryl methyl sites for hydroxylation is 1. The van der Waals surface area contributed by atoms with Crippen LogP contribution in [0.2, 0.25) is 0 Å². The maximum atomic E-state index is 5.79. The van der Waals surface area contributed by atoms with Gasteiger partial charge in [0.05, 0.1) is 5.52 Å². The van der Waals surface area contributed by atoms with E-state index >= 15 is 0 Å². The molecule has 3 rings (SSSR count). The van der Waals surface area contributed by atoms with Crippen LogP contribution >= 0.6 is 13.5 Å². The second-order valence-electron chi connectivity index (χ2n) is 7.74. The number of benzene rings is 1. The largest absolute Gasteiger partial charge is 0.362 e. The van der Waals surface area contributed by atoms with Gasteiger partial charge < -0.3 is 10.6 Å². The van der Waals surface area contributed by atoms with Gasteiger partial charge in [0.2, 0.25) is 0 Å². The van der Waals surface area contributed by atoms with Gasteiger partial charge in [-0.05, 0) is 49.8 Å². The third-order valence-corrected chi connectivity index (χ3v) is 5.62. The van der Waals surface area contributed by atoms with Gasteiger partial charge in [0.1, 0.15) is 11.6 Å². The Hall–Kier alpha value is -1.33. The van der Waals surface area contributed by atoms with Gasteiger partial charge in [-0.25, -0.2) is 9.97 Å². The van der Waals surface area contributed by atoms with E-state index in [4.69, 9.17) is 15.7 Å². The summed E-state index contributed by atoms with van der Waals surface area (Å²) in [5.41, 5.74) is 6.84. The third kappa shape index (κ3) is 16.4. The lowest BCUT2D eigenvalue weighted by atomic mass is 9.80. The van der Waals surface area contributed by atoms with Crippen LogP contribution in [0.1, 0.15) is 121 Å². The molecule has 1 aliphatic carbocycles. The lowest BCUT2D eigenvalue weighted by molar-refractivity contribution is 0.263. The van der Waals surface area contributed by atoms with Crippen LogP contribution in [0.3, 0.4) is 0 Å². The summed E-state index contributed by atoms with van der Waals surface area (Å²) in [5, 5.41) is 1.13. The van der Waals surface area contributed by atoms with E-state index in [0.29, 0.717) is 0 Å². The fourth-order valence-corrected chi connectivity index (χ4v) is 4.03. The zero-order valence-corrected chi connectivity index (χ0v) is 27.2. The Bertz CT molecular complexity index is 690.